The van der Waals surface area contributed by atoms with Gasteiger partial charge >= 0.3 is 0 Å². The number of nitrogens with one attached hydrogen (secondary N) is 2. The van der Waals surface area contributed by atoms with E-state index >= 15 is 0 Å². The number of rotatable bonds is 6. The molecule has 0 aromatic heterocycles. The Hall–Kier alpha value is -3.51. The molecule has 2 heterocycles. The van der Waals surface area contributed by atoms with Gasteiger partial charge in [-0.05, 0) is 61.4 Å². The van der Waals surface area contributed by atoms with Crippen LogP contribution in [0.4, 0.5) is 4.39 Å². The highest BCUT2D eigenvalue weighted by Crippen LogP contribution is 2.24. The van der Waals surface area contributed by atoms with Crippen LogP contribution in [-0.4, -0.2) is 80.7 Å². The lowest BCUT2D eigenvalue weighted by Crippen LogP contribution is -2.63. The fourth-order valence-electron chi connectivity index (χ4n) is 4.29. The maximum atomic E-state index is 13.4. The zero-order chi connectivity index (χ0) is 25.9. The van der Waals surface area contributed by atoms with Crippen molar-refractivity contribution in [1.29, 1.82) is 0 Å². The van der Waals surface area contributed by atoms with Crippen LogP contribution in [0.25, 0.3) is 0 Å². The van der Waals surface area contributed by atoms with Gasteiger partial charge < -0.3 is 20.3 Å². The van der Waals surface area contributed by atoms with Gasteiger partial charge in [0.05, 0.1) is 12.0 Å². The normalized spacial score (nSPS) is 20.9. The third-order valence-corrected chi connectivity index (χ3v) is 8.20. The average molecular weight is 519 g/mol. The second kappa shape index (κ2) is 10.6. The molecule has 2 aliphatic heterocycles. The number of piperidine rings is 1. The van der Waals surface area contributed by atoms with Crippen LogP contribution in [0.3, 0.4) is 0 Å². The molecule has 3 amide bonds. The van der Waals surface area contributed by atoms with Gasteiger partial charge in [-0.25, -0.2) is 12.8 Å². The molecule has 2 N–H and O–H groups in total. The predicted molar refractivity (Wildman–Crippen MR) is 127 cm³/mol. The lowest BCUT2D eigenvalue weighted by atomic mass is 10.1. The fraction of sp³-hybridized carbons (Fsp3) is 0.375. The molecular weight excluding hydrogens is 491 g/mol. The number of sulfonamides is 1. The molecule has 2 saturated heterocycles. The lowest BCUT2D eigenvalue weighted by Gasteiger charge is -2.40. The summed E-state index contributed by atoms with van der Waals surface area (Å²) in [6.07, 6.45) is 1.09. The van der Waals surface area contributed by atoms with E-state index in [9.17, 15) is 27.2 Å². The van der Waals surface area contributed by atoms with Crippen molar-refractivity contribution < 1.29 is 31.9 Å². The van der Waals surface area contributed by atoms with E-state index in [0.29, 0.717) is 30.7 Å². The smallest absolute Gasteiger partial charge is 0.253 e. The van der Waals surface area contributed by atoms with E-state index in [1.54, 1.807) is 24.3 Å². The van der Waals surface area contributed by atoms with Crippen LogP contribution in [0.5, 0.6) is 5.75 Å². The Kier molecular flexibility index (Phi) is 7.55. The van der Waals surface area contributed by atoms with Crippen LogP contribution < -0.4 is 15.4 Å². The zero-order valence-electron chi connectivity index (χ0n) is 19.6. The summed E-state index contributed by atoms with van der Waals surface area (Å²) in [5.41, 5.74) is 0.358. The summed E-state index contributed by atoms with van der Waals surface area (Å²) < 4.78 is 46.4. The van der Waals surface area contributed by atoms with Crippen molar-refractivity contribution in [1.82, 2.24) is 19.8 Å². The van der Waals surface area contributed by atoms with Crippen molar-refractivity contribution in [3.63, 3.8) is 0 Å². The highest BCUT2D eigenvalue weighted by atomic mass is 32.2. The Morgan fingerprint density at radius 3 is 2.42 bits per heavy atom. The molecule has 192 valence electrons. The van der Waals surface area contributed by atoms with Crippen molar-refractivity contribution in [2.75, 3.05) is 33.3 Å². The Morgan fingerprint density at radius 1 is 1.08 bits per heavy atom. The van der Waals surface area contributed by atoms with Crippen molar-refractivity contribution in [3.05, 3.63) is 59.9 Å². The molecular formula is C24H27FN4O6S. The highest BCUT2D eigenvalue weighted by Gasteiger charge is 2.42. The summed E-state index contributed by atoms with van der Waals surface area (Å²) in [5, 5.41) is 5.32. The number of halogens is 1. The Labute approximate surface area is 208 Å². The first-order chi connectivity index (χ1) is 17.2. The van der Waals surface area contributed by atoms with E-state index in [4.69, 9.17) is 4.74 Å². The van der Waals surface area contributed by atoms with E-state index in [0.717, 1.165) is 28.6 Å². The molecule has 2 fully saturated rings. The molecule has 0 unspecified atom stereocenters. The number of nitrogens with zero attached hydrogens (tertiary/aromatic N) is 2. The van der Waals surface area contributed by atoms with Crippen LogP contribution in [-0.2, 0) is 19.6 Å². The van der Waals surface area contributed by atoms with Gasteiger partial charge in [0, 0.05) is 31.7 Å². The third-order valence-electron chi connectivity index (χ3n) is 6.28. The number of hydrogen-bond donors (Lipinski definition) is 2. The van der Waals surface area contributed by atoms with Crippen LogP contribution in [0.1, 0.15) is 23.2 Å². The van der Waals surface area contributed by atoms with Gasteiger partial charge in [-0.2, -0.15) is 4.31 Å². The highest BCUT2D eigenvalue weighted by molar-refractivity contribution is 7.89. The van der Waals surface area contributed by atoms with Crippen LogP contribution in [0.15, 0.2) is 53.4 Å². The van der Waals surface area contributed by atoms with Gasteiger partial charge in [-0.3, -0.25) is 14.4 Å². The number of ether oxygens (including phenoxy) is 1. The molecule has 2 aromatic carbocycles. The molecule has 0 radical (unpaired) electrons. The predicted octanol–water partition coefficient (Wildman–Crippen LogP) is 0.744. The number of benzene rings is 2. The minimum atomic E-state index is -4.20. The van der Waals surface area contributed by atoms with E-state index in [1.807, 2.05) is 0 Å². The molecule has 0 bridgehead atoms. The van der Waals surface area contributed by atoms with E-state index < -0.39 is 33.8 Å². The summed E-state index contributed by atoms with van der Waals surface area (Å²) >= 11 is 0. The molecule has 0 saturated carbocycles. The van der Waals surface area contributed by atoms with E-state index in [-0.39, 0.29) is 36.3 Å². The zero-order valence-corrected chi connectivity index (χ0v) is 20.5. The molecule has 2 atom stereocenters. The number of methoxy groups -OCH3 is 1. The first-order valence-electron chi connectivity index (χ1n) is 11.5. The Morgan fingerprint density at radius 2 is 1.78 bits per heavy atom. The quantitative estimate of drug-likeness (QED) is 0.581. The van der Waals surface area contributed by atoms with Crippen LogP contribution in [0, 0.1) is 5.82 Å². The largest absolute Gasteiger partial charge is 0.497 e. The number of carbonyl (C=O) groups excluding carboxylic acids is 3. The molecule has 4 rings (SSSR count). The number of carbonyl (C=O) groups is 3. The Bertz CT molecular complexity index is 1240. The number of amides is 3. The molecule has 36 heavy (non-hydrogen) atoms. The summed E-state index contributed by atoms with van der Waals surface area (Å²) in [6, 6.07) is 8.67. The molecule has 12 heteroatoms. The van der Waals surface area contributed by atoms with Gasteiger partial charge in [0.15, 0.2) is 0 Å². The van der Waals surface area contributed by atoms with E-state index in [2.05, 4.69) is 10.6 Å². The molecule has 2 aliphatic rings. The summed E-state index contributed by atoms with van der Waals surface area (Å²) in [6.45, 7) is 0.171. The summed E-state index contributed by atoms with van der Waals surface area (Å²) in [4.78, 5) is 39.9. The second-order valence-corrected chi connectivity index (χ2v) is 10.5. The maximum absolute atomic E-state index is 13.4. The minimum Gasteiger partial charge on any atom is -0.497 e. The maximum Gasteiger partial charge on any atom is 0.253 e. The van der Waals surface area contributed by atoms with E-state index in [1.165, 1.54) is 12.0 Å². The third kappa shape index (κ3) is 5.34. The van der Waals surface area contributed by atoms with Gasteiger partial charge in [0.2, 0.25) is 21.8 Å². The van der Waals surface area contributed by atoms with Crippen molar-refractivity contribution in [2.45, 2.75) is 29.8 Å². The monoisotopic (exact) mass is 518 g/mol. The van der Waals surface area contributed by atoms with Crippen LogP contribution >= 0.6 is 0 Å². The van der Waals surface area contributed by atoms with Gasteiger partial charge in [0.1, 0.15) is 23.7 Å². The minimum absolute atomic E-state index is 0.0407. The van der Waals surface area contributed by atoms with Crippen LogP contribution in [0.2, 0.25) is 0 Å². The van der Waals surface area contributed by atoms with Gasteiger partial charge in [-0.1, -0.05) is 0 Å². The Balaban J connectivity index is 1.61. The summed E-state index contributed by atoms with van der Waals surface area (Å²) in [7, 11) is -2.69. The second-order valence-electron chi connectivity index (χ2n) is 8.56. The standard InChI is InChI=1S/C24H27FN4O6S/c1-35-18-8-4-16(5-9-18)24(32)28-13-14-29(36(33,34)19-10-6-17(25)7-11-19)21(15-28)23(31)27-20-3-2-12-26-22(20)30/h4-11,20-21H,2-3,12-15H2,1H3,(H,26,30)(H,27,31)/t20-,21-/m1/s1. The molecule has 0 aliphatic carbocycles. The first kappa shape index (κ1) is 25.6. The molecule has 10 nitrogen and oxygen atoms in total. The fourth-order valence-corrected chi connectivity index (χ4v) is 5.86. The lowest BCUT2D eigenvalue weighted by molar-refractivity contribution is -0.132. The number of hydrogen-bond acceptors (Lipinski definition) is 6. The topological polar surface area (TPSA) is 125 Å². The molecule has 2 aromatic rings. The van der Waals surface area contributed by atoms with Crippen molar-refractivity contribution in [2.24, 2.45) is 0 Å². The van der Waals surface area contributed by atoms with Crippen molar-refractivity contribution >= 4 is 27.7 Å². The average Bonchev–Trinajstić information content (AvgIpc) is 2.89. The SMILES string of the molecule is COc1ccc(C(=O)N2CCN(S(=O)(=O)c3ccc(F)cc3)[C@@H](C(=O)N[C@@H]3CCCNC3=O)C2)cc1. The molecule has 0 spiro atoms. The number of piperazine rings is 1. The van der Waals surface area contributed by atoms with Gasteiger partial charge in [-0.15, -0.1) is 0 Å². The first-order valence-corrected chi connectivity index (χ1v) is 12.9. The van der Waals surface area contributed by atoms with Gasteiger partial charge in [0.25, 0.3) is 5.91 Å². The summed E-state index contributed by atoms with van der Waals surface area (Å²) in [5.74, 6) is -1.42. The van der Waals surface area contributed by atoms with Crippen molar-refractivity contribution in [3.8, 4) is 5.75 Å².